The lowest BCUT2D eigenvalue weighted by Gasteiger charge is -2.22. The third kappa shape index (κ3) is 6.17. The van der Waals surface area contributed by atoms with Gasteiger partial charge in [-0.2, -0.15) is 0 Å². The Kier molecular flexibility index (Phi) is 6.71. The smallest absolute Gasteiger partial charge is 0.214 e. The highest BCUT2D eigenvalue weighted by Crippen LogP contribution is 2.32. The summed E-state index contributed by atoms with van der Waals surface area (Å²) >= 11 is 0. The lowest BCUT2D eigenvalue weighted by molar-refractivity contribution is 0.0424. The molecule has 1 saturated carbocycles. The van der Waals surface area contributed by atoms with Gasteiger partial charge >= 0.3 is 0 Å². The van der Waals surface area contributed by atoms with E-state index in [9.17, 15) is 8.42 Å². The van der Waals surface area contributed by atoms with Crippen molar-refractivity contribution >= 4 is 10.0 Å². The maximum absolute atomic E-state index is 12.2. The van der Waals surface area contributed by atoms with Gasteiger partial charge in [-0.15, -0.1) is 0 Å². The molecule has 0 saturated heterocycles. The van der Waals surface area contributed by atoms with E-state index in [2.05, 4.69) is 4.72 Å². The van der Waals surface area contributed by atoms with Crippen LogP contribution in [0.2, 0.25) is 0 Å². The lowest BCUT2D eigenvalue weighted by atomic mass is 10.2. The van der Waals surface area contributed by atoms with Gasteiger partial charge < -0.3 is 14.2 Å². The first-order chi connectivity index (χ1) is 11.7. The summed E-state index contributed by atoms with van der Waals surface area (Å²) in [6.07, 6.45) is 4.67. The number of nitrogens with one attached hydrogen (secondary N) is 1. The Morgan fingerprint density at radius 1 is 1.16 bits per heavy atom. The third-order valence-electron chi connectivity index (χ3n) is 4.41. The van der Waals surface area contributed by atoms with Crippen LogP contribution in [0, 0.1) is 0 Å². The minimum absolute atomic E-state index is 0.0991. The summed E-state index contributed by atoms with van der Waals surface area (Å²) in [5, 5.41) is 0. The SMILES string of the molecule is COc1ccc(CNS(=O)(=O)CC(C)(C)OC)cc1OC1CCCC1. The molecular weight excluding hydrogens is 342 g/mol. The Morgan fingerprint density at radius 2 is 1.84 bits per heavy atom. The summed E-state index contributed by atoms with van der Waals surface area (Å²) in [6.45, 7) is 3.69. The Balaban J connectivity index is 2.04. The van der Waals surface area contributed by atoms with Gasteiger partial charge in [0.05, 0.1) is 24.6 Å². The van der Waals surface area contributed by atoms with Crippen molar-refractivity contribution in [3.05, 3.63) is 23.8 Å². The average Bonchev–Trinajstić information content (AvgIpc) is 3.05. The van der Waals surface area contributed by atoms with E-state index in [0.29, 0.717) is 11.5 Å². The predicted octanol–water partition coefficient (Wildman–Crippen LogP) is 2.86. The first kappa shape index (κ1) is 20.0. The summed E-state index contributed by atoms with van der Waals surface area (Å²) < 4.78 is 43.7. The number of hydrogen-bond donors (Lipinski definition) is 1. The van der Waals surface area contributed by atoms with Crippen molar-refractivity contribution in [1.29, 1.82) is 0 Å². The molecule has 0 aliphatic heterocycles. The van der Waals surface area contributed by atoms with Crippen LogP contribution in [0.25, 0.3) is 0 Å². The Labute approximate surface area is 150 Å². The molecule has 0 bridgehead atoms. The molecule has 1 aromatic carbocycles. The fourth-order valence-corrected chi connectivity index (χ4v) is 4.39. The highest BCUT2D eigenvalue weighted by molar-refractivity contribution is 7.89. The molecule has 1 aromatic rings. The van der Waals surface area contributed by atoms with E-state index < -0.39 is 15.6 Å². The molecule has 1 aliphatic carbocycles. The number of ether oxygens (including phenoxy) is 3. The van der Waals surface area contributed by atoms with Gasteiger partial charge in [-0.3, -0.25) is 0 Å². The zero-order valence-corrected chi connectivity index (χ0v) is 16.3. The topological polar surface area (TPSA) is 73.9 Å². The molecule has 0 unspecified atom stereocenters. The second-order valence-corrected chi connectivity index (χ2v) is 8.86. The second-order valence-electron chi connectivity index (χ2n) is 7.05. The molecule has 6 nitrogen and oxygen atoms in total. The van der Waals surface area contributed by atoms with Gasteiger partial charge in [0.1, 0.15) is 0 Å². The number of benzene rings is 1. The number of hydrogen-bond acceptors (Lipinski definition) is 5. The van der Waals surface area contributed by atoms with E-state index >= 15 is 0 Å². The minimum Gasteiger partial charge on any atom is -0.493 e. The van der Waals surface area contributed by atoms with Crippen molar-refractivity contribution in [3.63, 3.8) is 0 Å². The average molecular weight is 371 g/mol. The Morgan fingerprint density at radius 3 is 2.44 bits per heavy atom. The summed E-state index contributed by atoms with van der Waals surface area (Å²) in [7, 11) is -0.339. The van der Waals surface area contributed by atoms with Crippen LogP contribution in [0.5, 0.6) is 11.5 Å². The van der Waals surface area contributed by atoms with Crippen LogP contribution in [-0.4, -0.2) is 40.1 Å². The van der Waals surface area contributed by atoms with Crippen molar-refractivity contribution in [2.24, 2.45) is 0 Å². The van der Waals surface area contributed by atoms with Crippen molar-refractivity contribution in [2.45, 2.75) is 57.8 Å². The molecule has 0 heterocycles. The number of methoxy groups -OCH3 is 2. The van der Waals surface area contributed by atoms with Crippen LogP contribution in [0.3, 0.4) is 0 Å². The third-order valence-corrected chi connectivity index (χ3v) is 6.07. The van der Waals surface area contributed by atoms with E-state index in [1.165, 1.54) is 20.0 Å². The molecule has 142 valence electrons. The first-order valence-corrected chi connectivity index (χ1v) is 10.3. The molecule has 1 aliphatic rings. The monoisotopic (exact) mass is 371 g/mol. The number of sulfonamides is 1. The van der Waals surface area contributed by atoms with Gasteiger partial charge in [0.15, 0.2) is 11.5 Å². The van der Waals surface area contributed by atoms with Gasteiger partial charge in [0, 0.05) is 13.7 Å². The van der Waals surface area contributed by atoms with E-state index in [4.69, 9.17) is 14.2 Å². The molecule has 0 aromatic heterocycles. The molecule has 1 N–H and O–H groups in total. The summed E-state index contributed by atoms with van der Waals surface area (Å²) in [5.74, 6) is 1.24. The molecule has 1 fully saturated rings. The number of rotatable bonds is 9. The maximum atomic E-state index is 12.2. The largest absolute Gasteiger partial charge is 0.493 e. The van der Waals surface area contributed by atoms with Crippen molar-refractivity contribution < 1.29 is 22.6 Å². The molecule has 25 heavy (non-hydrogen) atoms. The van der Waals surface area contributed by atoms with Crippen LogP contribution < -0.4 is 14.2 Å². The van der Waals surface area contributed by atoms with Crippen LogP contribution in [0.1, 0.15) is 45.1 Å². The van der Waals surface area contributed by atoms with E-state index in [-0.39, 0.29) is 18.4 Å². The normalized spacial score (nSPS) is 16.2. The molecule has 0 atom stereocenters. The molecule has 0 spiro atoms. The Bertz CT molecular complexity index is 666. The standard InChI is InChI=1S/C18H29NO5S/c1-18(2,23-4)13-25(20,21)19-12-14-9-10-16(22-3)17(11-14)24-15-7-5-6-8-15/h9-11,15,19H,5-8,12-13H2,1-4H3. The highest BCUT2D eigenvalue weighted by atomic mass is 32.2. The zero-order valence-electron chi connectivity index (χ0n) is 15.5. The van der Waals surface area contributed by atoms with Crippen LogP contribution in [-0.2, 0) is 21.3 Å². The van der Waals surface area contributed by atoms with Gasteiger partial charge in [-0.25, -0.2) is 13.1 Å². The van der Waals surface area contributed by atoms with Crippen LogP contribution in [0.4, 0.5) is 0 Å². The van der Waals surface area contributed by atoms with Gasteiger partial charge in [-0.05, 0) is 57.2 Å². The van der Waals surface area contributed by atoms with Gasteiger partial charge in [0.25, 0.3) is 0 Å². The van der Waals surface area contributed by atoms with Crippen molar-refractivity contribution in [1.82, 2.24) is 4.72 Å². The van der Waals surface area contributed by atoms with Crippen molar-refractivity contribution in [2.75, 3.05) is 20.0 Å². The predicted molar refractivity (Wildman–Crippen MR) is 97.6 cm³/mol. The maximum Gasteiger partial charge on any atom is 0.214 e. The van der Waals surface area contributed by atoms with E-state index in [1.807, 2.05) is 18.2 Å². The van der Waals surface area contributed by atoms with Crippen molar-refractivity contribution in [3.8, 4) is 11.5 Å². The quantitative estimate of drug-likeness (QED) is 0.722. The van der Waals surface area contributed by atoms with Gasteiger partial charge in [0.2, 0.25) is 10.0 Å². The summed E-state index contributed by atoms with van der Waals surface area (Å²) in [6, 6.07) is 5.50. The summed E-state index contributed by atoms with van der Waals surface area (Å²) in [5.41, 5.74) is 0.0928. The van der Waals surface area contributed by atoms with Crippen LogP contribution in [0.15, 0.2) is 18.2 Å². The fraction of sp³-hybridized carbons (Fsp3) is 0.667. The van der Waals surface area contributed by atoms with E-state index in [0.717, 1.165) is 18.4 Å². The lowest BCUT2D eigenvalue weighted by Crippen LogP contribution is -2.38. The molecular formula is C18H29NO5S. The fourth-order valence-electron chi connectivity index (χ4n) is 2.87. The minimum atomic E-state index is -3.45. The van der Waals surface area contributed by atoms with Crippen LogP contribution >= 0.6 is 0 Å². The highest BCUT2D eigenvalue weighted by Gasteiger charge is 2.25. The summed E-state index contributed by atoms with van der Waals surface area (Å²) in [4.78, 5) is 0. The molecule has 7 heteroatoms. The molecule has 2 rings (SSSR count). The molecule has 0 radical (unpaired) electrons. The molecule has 0 amide bonds. The zero-order chi connectivity index (χ0) is 18.5. The Hall–Kier alpha value is -1.31. The van der Waals surface area contributed by atoms with Gasteiger partial charge in [-0.1, -0.05) is 6.07 Å². The second kappa shape index (κ2) is 8.38. The first-order valence-electron chi connectivity index (χ1n) is 8.61. The van der Waals surface area contributed by atoms with E-state index in [1.54, 1.807) is 21.0 Å².